The van der Waals surface area contributed by atoms with E-state index < -0.39 is 9.84 Å². The fraction of sp³-hybridized carbons (Fsp3) is 0.769. The average Bonchev–Trinajstić information content (AvgIpc) is 2.85. The minimum Gasteiger partial charge on any atom is -0.311 e. The normalized spacial score (nSPS) is 22.8. The minimum absolute atomic E-state index is 0.0997. The number of thiazole rings is 1. The van der Waals surface area contributed by atoms with E-state index in [1.54, 1.807) is 11.3 Å². The molecule has 0 bridgehead atoms. The van der Waals surface area contributed by atoms with Crippen molar-refractivity contribution in [3.63, 3.8) is 0 Å². The van der Waals surface area contributed by atoms with Crippen LogP contribution in [0.3, 0.4) is 0 Å². The van der Waals surface area contributed by atoms with Gasteiger partial charge in [0.1, 0.15) is 0 Å². The second kappa shape index (κ2) is 5.50. The molecule has 2 heterocycles. The summed E-state index contributed by atoms with van der Waals surface area (Å²) in [5, 5.41) is 4.50. The molecule has 1 N–H and O–H groups in total. The van der Waals surface area contributed by atoms with Gasteiger partial charge in [-0.25, -0.2) is 13.4 Å². The molecule has 0 aromatic carbocycles. The maximum Gasteiger partial charge on any atom is 0.150 e. The molecule has 1 unspecified atom stereocenters. The zero-order valence-corrected chi connectivity index (χ0v) is 13.4. The van der Waals surface area contributed by atoms with Crippen molar-refractivity contribution in [3.8, 4) is 0 Å². The van der Waals surface area contributed by atoms with E-state index in [-0.39, 0.29) is 11.3 Å². The van der Waals surface area contributed by atoms with Crippen LogP contribution in [-0.4, -0.2) is 31.5 Å². The first-order valence-corrected chi connectivity index (χ1v) is 9.26. The summed E-state index contributed by atoms with van der Waals surface area (Å²) in [4.78, 5) is 5.66. The van der Waals surface area contributed by atoms with Gasteiger partial charge in [0.25, 0.3) is 0 Å². The molecule has 1 aliphatic heterocycles. The van der Waals surface area contributed by atoms with Crippen molar-refractivity contribution in [2.75, 3.05) is 18.1 Å². The Hall–Kier alpha value is -0.460. The van der Waals surface area contributed by atoms with Crippen molar-refractivity contribution >= 4 is 21.2 Å². The van der Waals surface area contributed by atoms with Crippen LogP contribution in [-0.2, 0) is 21.8 Å². The maximum atomic E-state index is 11.4. The van der Waals surface area contributed by atoms with Crippen LogP contribution in [0.1, 0.15) is 37.1 Å². The highest BCUT2D eigenvalue weighted by Crippen LogP contribution is 2.26. The van der Waals surface area contributed by atoms with E-state index in [0.29, 0.717) is 11.5 Å². The Labute approximate surface area is 119 Å². The number of sulfone groups is 1. The molecule has 0 aliphatic carbocycles. The Morgan fingerprint density at radius 2 is 2.21 bits per heavy atom. The summed E-state index contributed by atoms with van der Waals surface area (Å²) in [7, 11) is -2.76. The Bertz CT molecular complexity index is 529. The van der Waals surface area contributed by atoms with Crippen molar-refractivity contribution < 1.29 is 8.42 Å². The van der Waals surface area contributed by atoms with Gasteiger partial charge >= 0.3 is 0 Å². The predicted molar refractivity (Wildman–Crippen MR) is 79.3 cm³/mol. The Kier molecular flexibility index (Phi) is 4.32. The second-order valence-electron chi connectivity index (χ2n) is 6.28. The minimum atomic E-state index is -2.76. The van der Waals surface area contributed by atoms with E-state index in [9.17, 15) is 8.42 Å². The number of aromatic nitrogens is 1. The molecular weight excluding hydrogens is 280 g/mol. The average molecular weight is 302 g/mol. The van der Waals surface area contributed by atoms with Gasteiger partial charge < -0.3 is 5.32 Å². The van der Waals surface area contributed by atoms with Crippen LogP contribution in [0.2, 0.25) is 0 Å². The summed E-state index contributed by atoms with van der Waals surface area (Å²) in [6, 6.07) is 0. The first-order chi connectivity index (χ1) is 8.76. The van der Waals surface area contributed by atoms with Crippen LogP contribution >= 0.6 is 11.3 Å². The molecule has 0 radical (unpaired) electrons. The van der Waals surface area contributed by atoms with Gasteiger partial charge in [0.05, 0.1) is 16.5 Å². The van der Waals surface area contributed by atoms with Gasteiger partial charge in [0.15, 0.2) is 9.84 Å². The van der Waals surface area contributed by atoms with Crippen molar-refractivity contribution in [1.29, 1.82) is 0 Å². The number of hydrogen-bond acceptors (Lipinski definition) is 5. The lowest BCUT2D eigenvalue weighted by atomic mass is 9.98. The third kappa shape index (κ3) is 4.26. The Morgan fingerprint density at radius 3 is 2.74 bits per heavy atom. The molecule has 4 nitrogen and oxygen atoms in total. The lowest BCUT2D eigenvalue weighted by Crippen LogP contribution is -2.22. The fourth-order valence-electron chi connectivity index (χ4n) is 2.17. The van der Waals surface area contributed by atoms with E-state index >= 15 is 0 Å². The van der Waals surface area contributed by atoms with Gasteiger partial charge in [-0.15, -0.1) is 11.3 Å². The molecule has 0 saturated carbocycles. The third-order valence-corrected chi connectivity index (χ3v) is 6.51. The standard InChI is InChI=1S/C13H22N2O2S2/c1-13(2,3)12-15-8-11(18-12)7-14-6-10-4-5-19(16,17)9-10/h8,10,14H,4-7,9H2,1-3H3. The molecule has 6 heteroatoms. The molecule has 1 atom stereocenters. The first kappa shape index (κ1) is 14.9. The predicted octanol–water partition coefficient (Wildman–Crippen LogP) is 1.96. The molecule has 0 amide bonds. The van der Waals surface area contributed by atoms with Crippen LogP contribution in [0.4, 0.5) is 0 Å². The third-order valence-electron chi connectivity index (χ3n) is 3.25. The van der Waals surface area contributed by atoms with E-state index in [0.717, 1.165) is 24.5 Å². The van der Waals surface area contributed by atoms with Crippen LogP contribution in [0, 0.1) is 5.92 Å². The molecule has 1 aromatic heterocycles. The van der Waals surface area contributed by atoms with E-state index in [4.69, 9.17) is 0 Å². The maximum absolute atomic E-state index is 11.4. The summed E-state index contributed by atoms with van der Waals surface area (Å²) >= 11 is 1.73. The molecular formula is C13H22N2O2S2. The molecule has 1 fully saturated rings. The van der Waals surface area contributed by atoms with E-state index in [1.165, 1.54) is 4.88 Å². The van der Waals surface area contributed by atoms with Crippen LogP contribution in [0.5, 0.6) is 0 Å². The molecule has 0 spiro atoms. The second-order valence-corrected chi connectivity index (χ2v) is 9.63. The van der Waals surface area contributed by atoms with Gasteiger partial charge in [-0.05, 0) is 18.9 Å². The van der Waals surface area contributed by atoms with E-state index in [1.807, 2.05) is 6.20 Å². The van der Waals surface area contributed by atoms with Gasteiger partial charge in [0, 0.05) is 23.0 Å². The zero-order valence-electron chi connectivity index (χ0n) is 11.8. The fourth-order valence-corrected chi connectivity index (χ4v) is 4.97. The molecule has 2 rings (SSSR count). The smallest absolute Gasteiger partial charge is 0.150 e. The van der Waals surface area contributed by atoms with Crippen LogP contribution < -0.4 is 5.32 Å². The number of rotatable bonds is 4. The number of nitrogens with one attached hydrogen (secondary N) is 1. The highest BCUT2D eigenvalue weighted by molar-refractivity contribution is 7.91. The van der Waals surface area contributed by atoms with Crippen molar-refractivity contribution in [1.82, 2.24) is 10.3 Å². The van der Waals surface area contributed by atoms with Crippen molar-refractivity contribution in [2.24, 2.45) is 5.92 Å². The highest BCUT2D eigenvalue weighted by atomic mass is 32.2. The molecule has 1 aromatic rings. The van der Waals surface area contributed by atoms with Crippen molar-refractivity contribution in [2.45, 2.75) is 39.2 Å². The van der Waals surface area contributed by atoms with Gasteiger partial charge in [-0.1, -0.05) is 20.8 Å². The lowest BCUT2D eigenvalue weighted by Gasteiger charge is -2.13. The molecule has 1 saturated heterocycles. The van der Waals surface area contributed by atoms with Gasteiger partial charge in [-0.2, -0.15) is 0 Å². The number of nitrogens with zero attached hydrogens (tertiary/aromatic N) is 1. The largest absolute Gasteiger partial charge is 0.311 e. The SMILES string of the molecule is CC(C)(C)c1ncc(CNCC2CCS(=O)(=O)C2)s1. The molecule has 1 aliphatic rings. The summed E-state index contributed by atoms with van der Waals surface area (Å²) in [5.41, 5.74) is 0.0997. The topological polar surface area (TPSA) is 59.1 Å². The lowest BCUT2D eigenvalue weighted by molar-refractivity contribution is 0.522. The molecule has 108 valence electrons. The summed E-state index contributed by atoms with van der Waals surface area (Å²) in [5.74, 6) is 0.976. The summed E-state index contributed by atoms with van der Waals surface area (Å²) in [6.07, 6.45) is 2.72. The monoisotopic (exact) mass is 302 g/mol. The van der Waals surface area contributed by atoms with E-state index in [2.05, 4.69) is 31.1 Å². The summed E-state index contributed by atoms with van der Waals surface area (Å²) < 4.78 is 22.7. The quantitative estimate of drug-likeness (QED) is 0.924. The first-order valence-electron chi connectivity index (χ1n) is 6.62. The Morgan fingerprint density at radius 1 is 1.47 bits per heavy atom. The van der Waals surface area contributed by atoms with Crippen molar-refractivity contribution in [3.05, 3.63) is 16.1 Å². The zero-order chi connectivity index (χ0) is 14.1. The van der Waals surface area contributed by atoms with Crippen LogP contribution in [0.25, 0.3) is 0 Å². The Balaban J connectivity index is 1.79. The van der Waals surface area contributed by atoms with Gasteiger partial charge in [-0.3, -0.25) is 0 Å². The molecule has 19 heavy (non-hydrogen) atoms. The highest BCUT2D eigenvalue weighted by Gasteiger charge is 2.27. The summed E-state index contributed by atoms with van der Waals surface area (Å²) in [6.45, 7) is 8.04. The number of hydrogen-bond donors (Lipinski definition) is 1. The van der Waals surface area contributed by atoms with Gasteiger partial charge in [0.2, 0.25) is 0 Å². The van der Waals surface area contributed by atoms with Crippen LogP contribution in [0.15, 0.2) is 6.20 Å².